The molecule has 4 amide bonds. The molecular weight excluding hydrogens is 444 g/mol. The molecule has 0 unspecified atom stereocenters. The summed E-state index contributed by atoms with van der Waals surface area (Å²) in [6.45, 7) is 1.66. The average molecular weight is 463 g/mol. The molecule has 0 saturated carbocycles. The highest BCUT2D eigenvalue weighted by atomic mass is 35.5. The van der Waals surface area contributed by atoms with Crippen molar-refractivity contribution in [1.82, 2.24) is 10.6 Å². The van der Waals surface area contributed by atoms with E-state index in [0.29, 0.717) is 39.4 Å². The molecule has 2 N–H and O–H groups in total. The van der Waals surface area contributed by atoms with Gasteiger partial charge in [0.1, 0.15) is 24.5 Å². The van der Waals surface area contributed by atoms with Gasteiger partial charge in [0.2, 0.25) is 0 Å². The predicted octanol–water partition coefficient (Wildman–Crippen LogP) is 2.84. The van der Waals surface area contributed by atoms with Gasteiger partial charge in [-0.1, -0.05) is 11.6 Å². The smallest absolute Gasteiger partial charge is 0.415 e. The van der Waals surface area contributed by atoms with Crippen LogP contribution in [0.2, 0.25) is 4.34 Å². The van der Waals surface area contributed by atoms with E-state index in [0.717, 1.165) is 6.42 Å². The van der Waals surface area contributed by atoms with E-state index in [2.05, 4.69) is 10.6 Å². The van der Waals surface area contributed by atoms with E-state index in [4.69, 9.17) is 21.1 Å². The van der Waals surface area contributed by atoms with Crippen molar-refractivity contribution in [3.05, 3.63) is 39.5 Å². The van der Waals surface area contributed by atoms with Crippen LogP contribution in [0, 0.1) is 0 Å². The average Bonchev–Trinajstić information content (AvgIpc) is 3.35. The first-order valence-electron chi connectivity index (χ1n) is 9.87. The van der Waals surface area contributed by atoms with Crippen LogP contribution in [0.25, 0.3) is 0 Å². The van der Waals surface area contributed by atoms with Crippen LogP contribution in [-0.4, -0.2) is 56.4 Å². The Balaban J connectivity index is 1.30. The Bertz CT molecular complexity index is 1060. The number of nitrogens with zero attached hydrogens (tertiary/aromatic N) is 2. The van der Waals surface area contributed by atoms with Gasteiger partial charge in [0.15, 0.2) is 0 Å². The van der Waals surface area contributed by atoms with Crippen LogP contribution < -0.4 is 25.2 Å². The summed E-state index contributed by atoms with van der Waals surface area (Å²) in [6, 6.07) is 8.10. The minimum absolute atomic E-state index is 0.150. The van der Waals surface area contributed by atoms with Gasteiger partial charge in [-0.2, -0.15) is 0 Å². The lowest BCUT2D eigenvalue weighted by molar-refractivity contribution is 0.0890. The first-order valence-corrected chi connectivity index (χ1v) is 11.1. The van der Waals surface area contributed by atoms with E-state index in [-0.39, 0.29) is 31.1 Å². The number of amides is 4. The molecule has 2 atom stereocenters. The Morgan fingerprint density at radius 1 is 1.29 bits per heavy atom. The van der Waals surface area contributed by atoms with Crippen molar-refractivity contribution in [2.24, 2.45) is 0 Å². The number of cyclic esters (lactones) is 1. The van der Waals surface area contributed by atoms with Crippen molar-refractivity contribution in [1.29, 1.82) is 0 Å². The zero-order valence-corrected chi connectivity index (χ0v) is 17.9. The van der Waals surface area contributed by atoms with Crippen LogP contribution in [0.4, 0.5) is 21.0 Å². The Morgan fingerprint density at radius 3 is 2.94 bits per heavy atom. The molecule has 3 aliphatic heterocycles. The molecule has 11 heteroatoms. The van der Waals surface area contributed by atoms with Gasteiger partial charge in [0, 0.05) is 24.8 Å². The quantitative estimate of drug-likeness (QED) is 0.727. The Labute approximate surface area is 186 Å². The Kier molecular flexibility index (Phi) is 5.11. The molecule has 4 heterocycles. The van der Waals surface area contributed by atoms with E-state index in [1.807, 2.05) is 0 Å². The second-order valence-corrected chi connectivity index (χ2v) is 9.09. The molecule has 0 radical (unpaired) electrons. The van der Waals surface area contributed by atoms with Crippen molar-refractivity contribution in [2.45, 2.75) is 18.6 Å². The van der Waals surface area contributed by atoms with Gasteiger partial charge < -0.3 is 20.1 Å². The van der Waals surface area contributed by atoms with Crippen LogP contribution in [-0.2, 0) is 4.74 Å². The molecule has 2 saturated heterocycles. The van der Waals surface area contributed by atoms with Crippen molar-refractivity contribution in [2.75, 3.05) is 36.0 Å². The number of carbonyl (C=O) groups excluding carboxylic acids is 3. The molecule has 31 heavy (non-hydrogen) atoms. The molecule has 3 aliphatic rings. The van der Waals surface area contributed by atoms with Gasteiger partial charge in [-0.25, -0.2) is 9.59 Å². The summed E-state index contributed by atoms with van der Waals surface area (Å²) in [7, 11) is 0. The van der Waals surface area contributed by atoms with Crippen molar-refractivity contribution in [3.8, 4) is 5.75 Å². The van der Waals surface area contributed by atoms with E-state index >= 15 is 0 Å². The summed E-state index contributed by atoms with van der Waals surface area (Å²) in [5.41, 5.74) is 1.29. The fraction of sp³-hybridized carbons (Fsp3) is 0.350. The van der Waals surface area contributed by atoms with Crippen LogP contribution in [0.15, 0.2) is 30.3 Å². The number of halogens is 1. The normalized spacial score (nSPS) is 22.2. The second-order valence-electron chi connectivity index (χ2n) is 7.37. The minimum Gasteiger partial charge on any atom is -0.489 e. The van der Waals surface area contributed by atoms with Crippen LogP contribution in [0.3, 0.4) is 0 Å². The monoisotopic (exact) mass is 462 g/mol. The third-order valence-electron chi connectivity index (χ3n) is 5.47. The fourth-order valence-electron chi connectivity index (χ4n) is 3.96. The minimum atomic E-state index is -0.549. The summed E-state index contributed by atoms with van der Waals surface area (Å²) in [4.78, 5) is 40.7. The van der Waals surface area contributed by atoms with Gasteiger partial charge in [-0.05, 0) is 30.7 Å². The first-order chi connectivity index (χ1) is 15.0. The number of benzene rings is 1. The van der Waals surface area contributed by atoms with Crippen LogP contribution in [0.1, 0.15) is 16.1 Å². The number of nitrogens with one attached hydrogen (secondary N) is 2. The molecule has 9 nitrogen and oxygen atoms in total. The zero-order valence-electron chi connectivity index (χ0n) is 16.3. The molecule has 162 valence electrons. The summed E-state index contributed by atoms with van der Waals surface area (Å²) in [5.74, 6) is 0.245. The van der Waals surface area contributed by atoms with Crippen LogP contribution >= 0.6 is 22.9 Å². The van der Waals surface area contributed by atoms with E-state index in [9.17, 15) is 14.4 Å². The van der Waals surface area contributed by atoms with Gasteiger partial charge >= 0.3 is 12.1 Å². The zero-order chi connectivity index (χ0) is 21.5. The summed E-state index contributed by atoms with van der Waals surface area (Å²) >= 11 is 7.06. The number of ether oxygens (including phenoxy) is 2. The molecule has 1 aromatic heterocycles. The van der Waals surface area contributed by atoms with E-state index < -0.39 is 12.2 Å². The second kappa shape index (κ2) is 7.93. The number of thiophene rings is 1. The molecule has 5 rings (SSSR count). The van der Waals surface area contributed by atoms with Gasteiger partial charge in [0.25, 0.3) is 5.91 Å². The van der Waals surface area contributed by atoms with Crippen LogP contribution in [0.5, 0.6) is 5.75 Å². The Hall–Kier alpha value is -2.98. The topological polar surface area (TPSA) is 100 Å². The largest absolute Gasteiger partial charge is 0.489 e. The third kappa shape index (κ3) is 3.66. The Morgan fingerprint density at radius 2 is 2.16 bits per heavy atom. The SMILES string of the molecule is O=C(NC[C@@H]1OC(=O)N2c3ccc(N4CCCNC4=O)cc3OC[C@@H]12)c1ccc(Cl)s1. The number of hydrogen-bond acceptors (Lipinski definition) is 6. The molecule has 2 aromatic rings. The summed E-state index contributed by atoms with van der Waals surface area (Å²) in [5, 5.41) is 5.61. The first kappa shape index (κ1) is 20.0. The number of urea groups is 1. The molecule has 0 spiro atoms. The maximum atomic E-state index is 12.6. The number of anilines is 2. The predicted molar refractivity (Wildman–Crippen MR) is 115 cm³/mol. The van der Waals surface area contributed by atoms with Gasteiger partial charge in [-0.3, -0.25) is 14.6 Å². The lowest BCUT2D eigenvalue weighted by Gasteiger charge is -2.33. The summed E-state index contributed by atoms with van der Waals surface area (Å²) < 4.78 is 12.0. The van der Waals surface area contributed by atoms with Crippen molar-refractivity contribution in [3.63, 3.8) is 0 Å². The third-order valence-corrected chi connectivity index (χ3v) is 6.70. The molecule has 2 fully saturated rings. The highest BCUT2D eigenvalue weighted by Gasteiger charge is 2.46. The van der Waals surface area contributed by atoms with Crippen molar-refractivity contribution >= 4 is 52.3 Å². The highest BCUT2D eigenvalue weighted by Crippen LogP contribution is 2.41. The number of rotatable bonds is 4. The lowest BCUT2D eigenvalue weighted by atomic mass is 10.1. The van der Waals surface area contributed by atoms with Crippen molar-refractivity contribution < 1.29 is 23.9 Å². The lowest BCUT2D eigenvalue weighted by Crippen LogP contribution is -2.48. The fourth-order valence-corrected chi connectivity index (χ4v) is 4.92. The number of fused-ring (bicyclic) bond motifs is 3. The van der Waals surface area contributed by atoms with E-state index in [1.165, 1.54) is 11.3 Å². The number of hydrogen-bond donors (Lipinski definition) is 2. The molecular formula is C20H19ClN4O5S. The maximum absolute atomic E-state index is 12.6. The highest BCUT2D eigenvalue weighted by molar-refractivity contribution is 7.18. The van der Waals surface area contributed by atoms with Gasteiger partial charge in [-0.15, -0.1) is 11.3 Å². The van der Waals surface area contributed by atoms with Gasteiger partial charge in [0.05, 0.1) is 21.4 Å². The van der Waals surface area contributed by atoms with E-state index in [1.54, 1.807) is 40.1 Å². The molecule has 0 bridgehead atoms. The maximum Gasteiger partial charge on any atom is 0.415 e. The number of carbonyl (C=O) groups is 3. The summed E-state index contributed by atoms with van der Waals surface area (Å²) in [6.07, 6.45) is -0.182. The standard InChI is InChI=1S/C20H19ClN4O5S/c21-17-5-4-16(31-17)18(26)23-9-15-13-10-29-14-8-11(24-7-1-6-22-19(24)27)2-3-12(14)25(13)20(28)30-15/h2-5,8,13,15H,1,6-7,9-10H2,(H,22,27)(H,23,26)/t13-,15-/m0/s1. The molecule has 1 aromatic carbocycles. The molecule has 0 aliphatic carbocycles.